The lowest BCUT2D eigenvalue weighted by Crippen LogP contribution is -2.37. The number of aromatic nitrogens is 4. The van der Waals surface area contributed by atoms with Gasteiger partial charge in [0, 0.05) is 51.0 Å². The largest absolute Gasteiger partial charge is 0.481 e. The van der Waals surface area contributed by atoms with Gasteiger partial charge in [0.2, 0.25) is 11.9 Å². The average molecular weight is 443 g/mol. The molecule has 2 fully saturated rings. The highest BCUT2D eigenvalue weighted by Crippen LogP contribution is 2.21. The maximum absolute atomic E-state index is 11.6. The number of carboxylic acids is 1. The van der Waals surface area contributed by atoms with Gasteiger partial charge in [-0.3, -0.25) is 9.59 Å². The van der Waals surface area contributed by atoms with Crippen molar-refractivity contribution < 1.29 is 19.4 Å². The summed E-state index contributed by atoms with van der Waals surface area (Å²) >= 11 is 0. The molecule has 0 atom stereocenters. The van der Waals surface area contributed by atoms with Crippen LogP contribution in [0.2, 0.25) is 0 Å². The second-order valence-corrected chi connectivity index (χ2v) is 7.71. The van der Waals surface area contributed by atoms with Crippen LogP contribution in [0.3, 0.4) is 0 Å². The number of carbonyl (C=O) groups is 2. The molecule has 172 valence electrons. The molecule has 2 aromatic heterocycles. The smallest absolute Gasteiger partial charge is 0.309 e. The summed E-state index contributed by atoms with van der Waals surface area (Å²) in [5.74, 6) is 0.515. The number of hydrogen-bond donors (Lipinski definition) is 1. The molecule has 0 radical (unpaired) electrons. The summed E-state index contributed by atoms with van der Waals surface area (Å²) in [5.41, 5.74) is 0. The highest BCUT2D eigenvalue weighted by molar-refractivity contribution is 5.72. The SMILES string of the molecule is CCOC(=O)C1CCN(c2ncccn2)CC1.O=C(O)C1CCN(c2ncccn2)CC1. The predicted molar refractivity (Wildman–Crippen MR) is 118 cm³/mol. The molecule has 2 aromatic rings. The van der Waals surface area contributed by atoms with E-state index in [1.807, 2.05) is 11.8 Å². The fourth-order valence-corrected chi connectivity index (χ4v) is 3.81. The number of nitrogens with zero attached hydrogens (tertiary/aromatic N) is 6. The van der Waals surface area contributed by atoms with E-state index in [-0.39, 0.29) is 17.8 Å². The number of aliphatic carboxylic acids is 1. The van der Waals surface area contributed by atoms with Gasteiger partial charge in [0.25, 0.3) is 0 Å². The van der Waals surface area contributed by atoms with Gasteiger partial charge in [0.05, 0.1) is 18.4 Å². The Morgan fingerprint density at radius 1 is 0.844 bits per heavy atom. The standard InChI is InChI=1S/C12H17N3O2.C10H13N3O2/c1-2-17-11(16)10-4-8-15(9-5-10)12-13-6-3-7-14-12;14-9(15)8-2-6-13(7-3-8)10-11-4-1-5-12-10/h3,6-7,10H,2,4-5,8-9H2,1H3;1,4-5,8H,2-3,6-7H2,(H,14,15). The van der Waals surface area contributed by atoms with Gasteiger partial charge < -0.3 is 19.6 Å². The Hall–Kier alpha value is -3.30. The quantitative estimate of drug-likeness (QED) is 0.688. The van der Waals surface area contributed by atoms with Crippen LogP contribution in [0.25, 0.3) is 0 Å². The Kier molecular flexibility index (Phi) is 8.70. The molecule has 1 N–H and O–H groups in total. The van der Waals surface area contributed by atoms with Crippen molar-refractivity contribution >= 4 is 23.8 Å². The van der Waals surface area contributed by atoms with Crippen LogP contribution in [0.5, 0.6) is 0 Å². The number of piperidine rings is 2. The summed E-state index contributed by atoms with van der Waals surface area (Å²) in [7, 11) is 0. The Bertz CT molecular complexity index is 838. The molecule has 10 heteroatoms. The molecule has 0 aliphatic carbocycles. The van der Waals surface area contributed by atoms with Gasteiger partial charge in [-0.05, 0) is 44.7 Å². The third-order valence-corrected chi connectivity index (χ3v) is 5.63. The molecule has 0 spiro atoms. The molecule has 10 nitrogen and oxygen atoms in total. The van der Waals surface area contributed by atoms with Gasteiger partial charge >= 0.3 is 11.9 Å². The number of hydrogen-bond acceptors (Lipinski definition) is 9. The van der Waals surface area contributed by atoms with Crippen molar-refractivity contribution in [3.05, 3.63) is 36.9 Å². The lowest BCUT2D eigenvalue weighted by atomic mass is 9.97. The molecule has 4 heterocycles. The second kappa shape index (κ2) is 11.9. The van der Waals surface area contributed by atoms with Crippen molar-refractivity contribution in [2.75, 3.05) is 42.6 Å². The molecule has 0 saturated carbocycles. The Morgan fingerprint density at radius 2 is 1.25 bits per heavy atom. The lowest BCUT2D eigenvalue weighted by molar-refractivity contribution is -0.148. The van der Waals surface area contributed by atoms with Crippen LogP contribution in [0.4, 0.5) is 11.9 Å². The summed E-state index contributed by atoms with van der Waals surface area (Å²) < 4.78 is 5.03. The van der Waals surface area contributed by atoms with Crippen molar-refractivity contribution in [2.45, 2.75) is 32.6 Å². The van der Waals surface area contributed by atoms with E-state index in [2.05, 4.69) is 24.8 Å². The first-order chi connectivity index (χ1) is 15.6. The lowest BCUT2D eigenvalue weighted by Gasteiger charge is -2.30. The normalized spacial score (nSPS) is 17.3. The number of ether oxygens (including phenoxy) is 1. The summed E-state index contributed by atoms with van der Waals surface area (Å²) in [6.07, 6.45) is 9.85. The second-order valence-electron chi connectivity index (χ2n) is 7.71. The highest BCUT2D eigenvalue weighted by atomic mass is 16.5. The van der Waals surface area contributed by atoms with Crippen molar-refractivity contribution in [3.8, 4) is 0 Å². The summed E-state index contributed by atoms with van der Waals surface area (Å²) in [5, 5.41) is 8.85. The number of esters is 1. The summed E-state index contributed by atoms with van der Waals surface area (Å²) in [6.45, 7) is 5.37. The fraction of sp³-hybridized carbons (Fsp3) is 0.545. The van der Waals surface area contributed by atoms with Gasteiger partial charge in [-0.1, -0.05) is 0 Å². The average Bonchev–Trinajstić information content (AvgIpc) is 2.86. The van der Waals surface area contributed by atoms with Gasteiger partial charge in [0.15, 0.2) is 0 Å². The van der Waals surface area contributed by atoms with E-state index in [0.29, 0.717) is 25.4 Å². The molecule has 2 aliphatic heterocycles. The van der Waals surface area contributed by atoms with E-state index in [9.17, 15) is 9.59 Å². The zero-order valence-corrected chi connectivity index (χ0v) is 18.3. The number of anilines is 2. The molecule has 2 aliphatic rings. The molecular formula is C22H30N6O4. The minimum Gasteiger partial charge on any atom is -0.481 e. The number of carbonyl (C=O) groups excluding carboxylic acids is 1. The molecule has 32 heavy (non-hydrogen) atoms. The van der Waals surface area contributed by atoms with Crippen LogP contribution in [0.1, 0.15) is 32.6 Å². The molecule has 0 aromatic carbocycles. The predicted octanol–water partition coefficient (Wildman–Crippen LogP) is 2.03. The van der Waals surface area contributed by atoms with Crippen LogP contribution in [-0.2, 0) is 14.3 Å². The van der Waals surface area contributed by atoms with E-state index in [1.54, 1.807) is 36.9 Å². The first kappa shape index (κ1) is 23.4. The number of carboxylic acid groups (broad SMARTS) is 1. The third kappa shape index (κ3) is 6.60. The van der Waals surface area contributed by atoms with E-state index < -0.39 is 5.97 Å². The first-order valence-electron chi connectivity index (χ1n) is 11.0. The summed E-state index contributed by atoms with van der Waals surface area (Å²) in [6, 6.07) is 3.57. The molecule has 2 saturated heterocycles. The van der Waals surface area contributed by atoms with E-state index >= 15 is 0 Å². The van der Waals surface area contributed by atoms with Gasteiger partial charge in [0.1, 0.15) is 0 Å². The molecular weight excluding hydrogens is 412 g/mol. The van der Waals surface area contributed by atoms with Gasteiger partial charge in [-0.2, -0.15) is 0 Å². The van der Waals surface area contributed by atoms with Gasteiger partial charge in [-0.15, -0.1) is 0 Å². The molecule has 0 unspecified atom stereocenters. The Morgan fingerprint density at radius 3 is 1.62 bits per heavy atom. The summed E-state index contributed by atoms with van der Waals surface area (Å²) in [4.78, 5) is 43.1. The molecule has 0 amide bonds. The van der Waals surface area contributed by atoms with Crippen LogP contribution in [0.15, 0.2) is 36.9 Å². The topological polar surface area (TPSA) is 122 Å². The van der Waals surface area contributed by atoms with Crippen molar-refractivity contribution in [1.29, 1.82) is 0 Å². The Balaban J connectivity index is 0.000000182. The van der Waals surface area contributed by atoms with Crippen LogP contribution >= 0.6 is 0 Å². The number of rotatable bonds is 5. The fourth-order valence-electron chi connectivity index (χ4n) is 3.81. The molecule has 0 bridgehead atoms. The van der Waals surface area contributed by atoms with Crippen LogP contribution in [-0.4, -0.2) is 69.8 Å². The third-order valence-electron chi connectivity index (χ3n) is 5.63. The maximum atomic E-state index is 11.6. The van der Waals surface area contributed by atoms with Crippen molar-refractivity contribution in [2.24, 2.45) is 11.8 Å². The zero-order valence-electron chi connectivity index (χ0n) is 18.3. The van der Waals surface area contributed by atoms with E-state index in [4.69, 9.17) is 9.84 Å². The monoisotopic (exact) mass is 442 g/mol. The minimum absolute atomic E-state index is 0.0370. The van der Waals surface area contributed by atoms with Gasteiger partial charge in [-0.25, -0.2) is 19.9 Å². The Labute approximate surface area is 187 Å². The minimum atomic E-state index is -0.691. The van der Waals surface area contributed by atoms with Crippen molar-refractivity contribution in [3.63, 3.8) is 0 Å². The van der Waals surface area contributed by atoms with Crippen molar-refractivity contribution in [1.82, 2.24) is 19.9 Å². The van der Waals surface area contributed by atoms with E-state index in [0.717, 1.165) is 45.0 Å². The molecule has 4 rings (SSSR count). The maximum Gasteiger partial charge on any atom is 0.309 e. The van der Waals surface area contributed by atoms with E-state index in [1.165, 1.54) is 0 Å². The first-order valence-corrected chi connectivity index (χ1v) is 11.0. The van der Waals surface area contributed by atoms with Crippen LogP contribution in [0, 0.1) is 11.8 Å². The van der Waals surface area contributed by atoms with Crippen LogP contribution < -0.4 is 9.80 Å². The zero-order chi connectivity index (χ0) is 22.8. The highest BCUT2D eigenvalue weighted by Gasteiger charge is 2.27.